The molecular formula is C36H68NO8P. The van der Waals surface area contributed by atoms with E-state index in [9.17, 15) is 24.2 Å². The van der Waals surface area contributed by atoms with Crippen molar-refractivity contribution in [2.24, 2.45) is 0 Å². The van der Waals surface area contributed by atoms with Gasteiger partial charge in [-0.25, -0.2) is 4.57 Å². The van der Waals surface area contributed by atoms with Crippen LogP contribution in [0.3, 0.4) is 0 Å². The van der Waals surface area contributed by atoms with E-state index in [2.05, 4.69) is 43.5 Å². The maximum Gasteiger partial charge on any atom is 0.472 e. The van der Waals surface area contributed by atoms with Crippen LogP contribution in [-0.4, -0.2) is 54.3 Å². The Morgan fingerprint density at radius 1 is 0.674 bits per heavy atom. The first-order valence-electron chi connectivity index (χ1n) is 18.3. The number of unbranched alkanes of at least 4 members (excludes halogenated alkanes) is 17. The summed E-state index contributed by atoms with van der Waals surface area (Å²) in [6.07, 6.45) is 32.6. The van der Waals surface area contributed by atoms with Crippen LogP contribution in [0.25, 0.3) is 0 Å². The lowest BCUT2D eigenvalue weighted by Crippen LogP contribution is -2.27. The molecule has 0 spiro atoms. The monoisotopic (exact) mass is 673 g/mol. The van der Waals surface area contributed by atoms with E-state index >= 15 is 0 Å². The number of nitrogens with one attached hydrogen (secondary N) is 1. The zero-order chi connectivity index (χ0) is 34.0. The number of ether oxygens (including phenoxy) is 1. The molecule has 0 bridgehead atoms. The van der Waals surface area contributed by atoms with E-state index < -0.39 is 26.5 Å². The fourth-order valence-electron chi connectivity index (χ4n) is 4.82. The van der Waals surface area contributed by atoms with Crippen molar-refractivity contribution in [3.8, 4) is 0 Å². The van der Waals surface area contributed by atoms with Gasteiger partial charge in [0.05, 0.1) is 13.2 Å². The Bertz CT molecular complexity index is 820. The Morgan fingerprint density at radius 3 is 1.78 bits per heavy atom. The molecular weight excluding hydrogens is 605 g/mol. The number of carbonyl (C=O) groups is 2. The smallest absolute Gasteiger partial charge is 0.463 e. The molecule has 0 saturated carbocycles. The Balaban J connectivity index is 3.62. The van der Waals surface area contributed by atoms with Crippen molar-refractivity contribution in [1.29, 1.82) is 0 Å². The summed E-state index contributed by atoms with van der Waals surface area (Å²) in [4.78, 5) is 33.6. The van der Waals surface area contributed by atoms with Gasteiger partial charge in [0, 0.05) is 19.4 Å². The van der Waals surface area contributed by atoms with Crippen molar-refractivity contribution in [1.82, 2.24) is 5.32 Å². The van der Waals surface area contributed by atoms with Crippen molar-refractivity contribution >= 4 is 19.7 Å². The van der Waals surface area contributed by atoms with Crippen LogP contribution in [0.4, 0.5) is 0 Å². The fraction of sp³-hybridized carbons (Fsp3) is 0.833. The number of amides is 1. The molecule has 3 N–H and O–H groups in total. The first-order chi connectivity index (χ1) is 22.3. The minimum absolute atomic E-state index is 0.0787. The van der Waals surface area contributed by atoms with E-state index in [1.165, 1.54) is 83.5 Å². The average molecular weight is 674 g/mol. The van der Waals surface area contributed by atoms with Gasteiger partial charge in [-0.15, -0.1) is 0 Å². The highest BCUT2D eigenvalue weighted by Crippen LogP contribution is 2.42. The molecule has 0 aliphatic rings. The fourth-order valence-corrected chi connectivity index (χ4v) is 5.58. The highest BCUT2D eigenvalue weighted by Gasteiger charge is 2.23. The predicted molar refractivity (Wildman–Crippen MR) is 188 cm³/mol. The Morgan fingerprint density at radius 2 is 1.17 bits per heavy atom. The average Bonchev–Trinajstić information content (AvgIpc) is 3.04. The quantitative estimate of drug-likeness (QED) is 0.0267. The van der Waals surface area contributed by atoms with Crippen LogP contribution in [0.15, 0.2) is 24.3 Å². The lowest BCUT2D eigenvalue weighted by Gasteiger charge is -2.15. The molecule has 270 valence electrons. The molecule has 0 aromatic rings. The molecule has 9 nitrogen and oxygen atoms in total. The Hall–Kier alpha value is -1.51. The zero-order valence-corrected chi connectivity index (χ0v) is 30.2. The van der Waals surface area contributed by atoms with Crippen molar-refractivity contribution in [2.75, 3.05) is 26.4 Å². The van der Waals surface area contributed by atoms with Crippen LogP contribution in [0.2, 0.25) is 0 Å². The number of hydrogen-bond donors (Lipinski definition) is 3. The third-order valence-electron chi connectivity index (χ3n) is 7.63. The summed E-state index contributed by atoms with van der Waals surface area (Å²) in [7, 11) is -4.40. The molecule has 0 aromatic heterocycles. The molecule has 1 amide bonds. The number of carbonyl (C=O) groups excluding carboxylic acids is 2. The Labute approximate surface area is 280 Å². The van der Waals surface area contributed by atoms with Crippen LogP contribution in [0.5, 0.6) is 0 Å². The minimum Gasteiger partial charge on any atom is -0.463 e. The van der Waals surface area contributed by atoms with E-state index in [-0.39, 0.29) is 32.1 Å². The second-order valence-corrected chi connectivity index (χ2v) is 13.7. The second kappa shape index (κ2) is 33.4. The summed E-state index contributed by atoms with van der Waals surface area (Å²) in [5.41, 5.74) is 0. The summed E-state index contributed by atoms with van der Waals surface area (Å²) < 4.78 is 26.7. The third-order valence-corrected chi connectivity index (χ3v) is 8.62. The summed E-state index contributed by atoms with van der Waals surface area (Å²) in [5.74, 6) is -0.528. The number of esters is 1. The molecule has 0 fully saturated rings. The summed E-state index contributed by atoms with van der Waals surface area (Å²) in [6, 6.07) is 0. The molecule has 0 heterocycles. The lowest BCUT2D eigenvalue weighted by molar-refractivity contribution is -0.147. The summed E-state index contributed by atoms with van der Waals surface area (Å²) in [6.45, 7) is 3.47. The van der Waals surface area contributed by atoms with Crippen molar-refractivity contribution in [3.05, 3.63) is 24.3 Å². The third kappa shape index (κ3) is 33.8. The van der Waals surface area contributed by atoms with Gasteiger partial charge in [-0.1, -0.05) is 128 Å². The van der Waals surface area contributed by atoms with Crippen LogP contribution < -0.4 is 5.32 Å². The molecule has 0 radical (unpaired) electrons. The molecule has 0 rings (SSSR count). The highest BCUT2D eigenvalue weighted by molar-refractivity contribution is 7.47. The maximum atomic E-state index is 12.0. The number of aliphatic hydroxyl groups excluding tert-OH is 1. The SMILES string of the molecule is CCCCC/C=C\C/C=C\CCCCCCCCCC(=O)NCCOP(=O)(O)OCC(O)COC(=O)CCCCCCCCCC. The molecule has 2 unspecified atom stereocenters. The van der Waals surface area contributed by atoms with E-state index in [0.717, 1.165) is 51.4 Å². The first kappa shape index (κ1) is 44.5. The van der Waals surface area contributed by atoms with Crippen molar-refractivity contribution in [3.63, 3.8) is 0 Å². The van der Waals surface area contributed by atoms with Gasteiger partial charge < -0.3 is 20.1 Å². The minimum atomic E-state index is -4.40. The van der Waals surface area contributed by atoms with Crippen molar-refractivity contribution in [2.45, 2.75) is 168 Å². The standard InChI is InChI=1S/C36H68NO8P/c1-3-5-7-9-11-13-14-15-16-17-18-19-20-21-22-24-26-28-35(39)37-30-31-44-46(41,42)45-33-34(38)32-43-36(40)29-27-25-23-12-10-8-6-4-2/h11,13,15-16,34,38H,3-10,12,14,17-33H2,1-2H3,(H,37,39)(H,41,42)/b13-11-,16-15-. The van der Waals surface area contributed by atoms with E-state index in [1.54, 1.807) is 0 Å². The summed E-state index contributed by atoms with van der Waals surface area (Å²) >= 11 is 0. The zero-order valence-electron chi connectivity index (χ0n) is 29.3. The van der Waals surface area contributed by atoms with Crippen LogP contribution in [0, 0.1) is 0 Å². The van der Waals surface area contributed by atoms with Crippen LogP contribution >= 0.6 is 7.82 Å². The molecule has 0 saturated heterocycles. The number of allylic oxidation sites excluding steroid dienone is 4. The highest BCUT2D eigenvalue weighted by atomic mass is 31.2. The molecule has 10 heteroatoms. The second-order valence-electron chi connectivity index (χ2n) is 12.2. The van der Waals surface area contributed by atoms with Crippen LogP contribution in [0.1, 0.15) is 162 Å². The van der Waals surface area contributed by atoms with Gasteiger partial charge in [0.25, 0.3) is 0 Å². The van der Waals surface area contributed by atoms with E-state index in [4.69, 9.17) is 13.8 Å². The van der Waals surface area contributed by atoms with E-state index in [1.807, 2.05) is 0 Å². The van der Waals surface area contributed by atoms with Gasteiger partial charge in [-0.3, -0.25) is 18.6 Å². The number of phosphoric ester groups is 1. The van der Waals surface area contributed by atoms with Gasteiger partial charge in [0.15, 0.2) is 0 Å². The maximum absolute atomic E-state index is 12.0. The number of phosphoric acid groups is 1. The van der Waals surface area contributed by atoms with Gasteiger partial charge in [-0.05, 0) is 44.9 Å². The van der Waals surface area contributed by atoms with Gasteiger partial charge in [-0.2, -0.15) is 0 Å². The van der Waals surface area contributed by atoms with Crippen molar-refractivity contribution < 1.29 is 37.9 Å². The van der Waals surface area contributed by atoms with Gasteiger partial charge in [0.1, 0.15) is 12.7 Å². The number of rotatable bonds is 34. The van der Waals surface area contributed by atoms with E-state index in [0.29, 0.717) is 6.42 Å². The van der Waals surface area contributed by atoms with Crippen LogP contribution in [-0.2, 0) is 27.9 Å². The first-order valence-corrected chi connectivity index (χ1v) is 19.8. The molecule has 2 atom stereocenters. The molecule has 46 heavy (non-hydrogen) atoms. The van der Waals surface area contributed by atoms with Gasteiger partial charge in [0.2, 0.25) is 5.91 Å². The lowest BCUT2D eigenvalue weighted by atomic mass is 10.1. The topological polar surface area (TPSA) is 131 Å². The molecule has 0 aromatic carbocycles. The Kier molecular flexibility index (Phi) is 32.3. The summed E-state index contributed by atoms with van der Waals surface area (Å²) in [5, 5.41) is 12.6. The predicted octanol–water partition coefficient (Wildman–Crippen LogP) is 9.26. The van der Waals surface area contributed by atoms with Gasteiger partial charge >= 0.3 is 13.8 Å². The normalized spacial score (nSPS) is 13.7. The largest absolute Gasteiger partial charge is 0.472 e. The molecule has 0 aliphatic heterocycles. The number of hydrogen-bond acceptors (Lipinski definition) is 7. The molecule has 0 aliphatic carbocycles. The number of aliphatic hydroxyl groups is 1.